The van der Waals surface area contributed by atoms with Crippen molar-refractivity contribution in [2.24, 2.45) is 11.3 Å². The lowest BCUT2D eigenvalue weighted by atomic mass is 9.82. The van der Waals surface area contributed by atoms with Crippen molar-refractivity contribution in [1.82, 2.24) is 0 Å². The van der Waals surface area contributed by atoms with E-state index in [2.05, 4.69) is 45.5 Å². The predicted octanol–water partition coefficient (Wildman–Crippen LogP) is 4.69. The molecule has 0 heterocycles. The molecule has 0 aliphatic heterocycles. The molecular weight excluding hydrogens is 240 g/mol. The molecule has 0 saturated heterocycles. The molecule has 1 rings (SSSR count). The van der Waals surface area contributed by atoms with Gasteiger partial charge in [0.25, 0.3) is 0 Å². The summed E-state index contributed by atoms with van der Waals surface area (Å²) >= 11 is 4.43. The Kier molecular flexibility index (Phi) is 5.80. The van der Waals surface area contributed by atoms with E-state index < -0.39 is 0 Å². The van der Waals surface area contributed by atoms with Crippen LogP contribution in [0, 0.1) is 11.3 Å². The maximum absolute atomic E-state index is 5.97. The summed E-state index contributed by atoms with van der Waals surface area (Å²) < 4.78 is 5.97. The van der Waals surface area contributed by atoms with E-state index in [1.807, 2.05) is 31.2 Å². The quantitative estimate of drug-likeness (QED) is 0.759. The van der Waals surface area contributed by atoms with Crippen molar-refractivity contribution in [3.05, 3.63) is 35.9 Å². The van der Waals surface area contributed by atoms with E-state index in [1.54, 1.807) is 0 Å². The van der Waals surface area contributed by atoms with Gasteiger partial charge in [0.15, 0.2) is 0 Å². The summed E-state index contributed by atoms with van der Waals surface area (Å²) in [6.07, 6.45) is 4.10. The standard InChI is InChI=1S/C16H24OS/c1-5-8-13-9-6-7-10-15(13)17-11-14(12-18)16(2,3)4/h5-10,14,18H,11-12H2,1-4H3. The number of rotatable bonds is 5. The summed E-state index contributed by atoms with van der Waals surface area (Å²) in [6, 6.07) is 8.13. The molecule has 0 fully saturated rings. The Hall–Kier alpha value is -0.890. The number of benzene rings is 1. The van der Waals surface area contributed by atoms with Gasteiger partial charge in [-0.3, -0.25) is 0 Å². The van der Waals surface area contributed by atoms with Crippen molar-refractivity contribution < 1.29 is 4.74 Å². The van der Waals surface area contributed by atoms with E-state index in [9.17, 15) is 0 Å². The number of ether oxygens (including phenoxy) is 1. The van der Waals surface area contributed by atoms with Crippen LogP contribution in [0.2, 0.25) is 0 Å². The molecule has 0 aromatic heterocycles. The Labute approximate surface area is 117 Å². The normalized spacial score (nSPS) is 13.8. The van der Waals surface area contributed by atoms with Crippen LogP contribution in [-0.2, 0) is 0 Å². The van der Waals surface area contributed by atoms with Gasteiger partial charge in [-0.05, 0) is 24.2 Å². The summed E-state index contributed by atoms with van der Waals surface area (Å²) in [5.74, 6) is 2.24. The first kappa shape index (κ1) is 15.2. The highest BCUT2D eigenvalue weighted by atomic mass is 32.1. The minimum atomic E-state index is 0.220. The maximum atomic E-state index is 5.97. The maximum Gasteiger partial charge on any atom is 0.126 e. The van der Waals surface area contributed by atoms with Crippen molar-refractivity contribution in [1.29, 1.82) is 0 Å². The van der Waals surface area contributed by atoms with E-state index in [1.165, 1.54) is 0 Å². The average molecular weight is 264 g/mol. The predicted molar refractivity (Wildman–Crippen MR) is 83.4 cm³/mol. The van der Waals surface area contributed by atoms with Gasteiger partial charge >= 0.3 is 0 Å². The van der Waals surface area contributed by atoms with Crippen LogP contribution in [-0.4, -0.2) is 12.4 Å². The fourth-order valence-corrected chi connectivity index (χ4v) is 2.35. The highest BCUT2D eigenvalue weighted by Gasteiger charge is 2.24. The zero-order chi connectivity index (χ0) is 13.6. The van der Waals surface area contributed by atoms with Gasteiger partial charge in [-0.2, -0.15) is 12.6 Å². The van der Waals surface area contributed by atoms with Gasteiger partial charge in [-0.25, -0.2) is 0 Å². The molecule has 1 aromatic rings. The van der Waals surface area contributed by atoms with Gasteiger partial charge in [-0.15, -0.1) is 0 Å². The van der Waals surface area contributed by atoms with Crippen LogP contribution >= 0.6 is 12.6 Å². The second kappa shape index (κ2) is 6.89. The summed E-state index contributed by atoms with van der Waals surface area (Å²) in [7, 11) is 0. The number of allylic oxidation sites excluding steroid dienone is 1. The van der Waals surface area contributed by atoms with Crippen LogP contribution in [0.15, 0.2) is 30.3 Å². The SMILES string of the molecule is CC=Cc1ccccc1OCC(CS)C(C)(C)C. The fourth-order valence-electron chi connectivity index (χ4n) is 1.70. The Morgan fingerprint density at radius 2 is 1.94 bits per heavy atom. The largest absolute Gasteiger partial charge is 0.493 e. The molecule has 0 spiro atoms. The molecule has 100 valence electrons. The van der Waals surface area contributed by atoms with Crippen LogP contribution in [0.1, 0.15) is 33.3 Å². The molecule has 2 heteroatoms. The first-order chi connectivity index (χ1) is 8.49. The topological polar surface area (TPSA) is 9.23 Å². The highest BCUT2D eigenvalue weighted by molar-refractivity contribution is 7.80. The summed E-state index contributed by atoms with van der Waals surface area (Å²) in [6.45, 7) is 9.42. The van der Waals surface area contributed by atoms with E-state index >= 15 is 0 Å². The molecule has 0 radical (unpaired) electrons. The molecule has 0 aliphatic rings. The third-order valence-corrected chi connectivity index (χ3v) is 3.59. The van der Waals surface area contributed by atoms with E-state index in [0.29, 0.717) is 12.5 Å². The van der Waals surface area contributed by atoms with Crippen molar-refractivity contribution in [2.45, 2.75) is 27.7 Å². The Morgan fingerprint density at radius 1 is 1.28 bits per heavy atom. The Bertz CT molecular complexity index is 390. The van der Waals surface area contributed by atoms with Gasteiger partial charge in [0.1, 0.15) is 5.75 Å². The van der Waals surface area contributed by atoms with Crippen LogP contribution in [0.3, 0.4) is 0 Å². The van der Waals surface area contributed by atoms with Crippen molar-refractivity contribution in [3.63, 3.8) is 0 Å². The van der Waals surface area contributed by atoms with E-state index in [-0.39, 0.29) is 5.41 Å². The lowest BCUT2D eigenvalue weighted by Crippen LogP contribution is -2.28. The van der Waals surface area contributed by atoms with Gasteiger partial charge in [0.2, 0.25) is 0 Å². The zero-order valence-corrected chi connectivity index (χ0v) is 12.7. The summed E-state index contributed by atoms with van der Waals surface area (Å²) in [4.78, 5) is 0. The molecule has 1 aromatic carbocycles. The smallest absolute Gasteiger partial charge is 0.126 e. The van der Waals surface area contributed by atoms with E-state index in [4.69, 9.17) is 4.74 Å². The summed E-state index contributed by atoms with van der Waals surface area (Å²) in [5.41, 5.74) is 1.35. The molecule has 0 bridgehead atoms. The van der Waals surface area contributed by atoms with Gasteiger partial charge < -0.3 is 4.74 Å². The minimum Gasteiger partial charge on any atom is -0.493 e. The number of para-hydroxylation sites is 1. The molecule has 0 N–H and O–H groups in total. The van der Waals surface area contributed by atoms with Crippen LogP contribution in [0.4, 0.5) is 0 Å². The third kappa shape index (κ3) is 4.41. The Morgan fingerprint density at radius 3 is 2.50 bits per heavy atom. The van der Waals surface area contributed by atoms with Gasteiger partial charge in [-0.1, -0.05) is 51.1 Å². The average Bonchev–Trinajstić information content (AvgIpc) is 2.30. The number of thiol groups is 1. The molecule has 0 amide bonds. The second-order valence-electron chi connectivity index (χ2n) is 5.59. The monoisotopic (exact) mass is 264 g/mol. The van der Waals surface area contributed by atoms with Crippen LogP contribution in [0.5, 0.6) is 5.75 Å². The molecule has 1 atom stereocenters. The fraction of sp³-hybridized carbons (Fsp3) is 0.500. The summed E-state index contributed by atoms with van der Waals surface area (Å²) in [5, 5.41) is 0. The first-order valence-corrected chi connectivity index (χ1v) is 7.07. The second-order valence-corrected chi connectivity index (χ2v) is 5.96. The van der Waals surface area contributed by atoms with Crippen molar-refractivity contribution in [3.8, 4) is 5.75 Å². The highest BCUT2D eigenvalue weighted by Crippen LogP contribution is 2.28. The lowest BCUT2D eigenvalue weighted by molar-refractivity contribution is 0.165. The molecule has 0 aliphatic carbocycles. The molecule has 0 saturated carbocycles. The van der Waals surface area contributed by atoms with Crippen molar-refractivity contribution in [2.75, 3.05) is 12.4 Å². The van der Waals surface area contributed by atoms with Crippen molar-refractivity contribution >= 4 is 18.7 Å². The first-order valence-electron chi connectivity index (χ1n) is 6.44. The van der Waals surface area contributed by atoms with Gasteiger partial charge in [0, 0.05) is 11.5 Å². The lowest BCUT2D eigenvalue weighted by Gasteiger charge is -2.29. The molecular formula is C16H24OS. The Balaban J connectivity index is 2.74. The number of hydrogen-bond acceptors (Lipinski definition) is 2. The molecule has 1 nitrogen and oxygen atoms in total. The zero-order valence-electron chi connectivity index (χ0n) is 11.8. The molecule has 18 heavy (non-hydrogen) atoms. The third-order valence-electron chi connectivity index (χ3n) is 3.15. The molecule has 1 unspecified atom stereocenters. The van der Waals surface area contributed by atoms with Crippen LogP contribution < -0.4 is 4.74 Å². The van der Waals surface area contributed by atoms with Crippen LogP contribution in [0.25, 0.3) is 6.08 Å². The van der Waals surface area contributed by atoms with E-state index in [0.717, 1.165) is 17.1 Å². The number of hydrogen-bond donors (Lipinski definition) is 1. The minimum absolute atomic E-state index is 0.220. The van der Waals surface area contributed by atoms with Gasteiger partial charge in [0.05, 0.1) is 6.61 Å².